The number of alkyl halides is 9. The third kappa shape index (κ3) is 6.11. The van der Waals surface area contributed by atoms with Crippen molar-refractivity contribution in [2.75, 3.05) is 0 Å². The molecule has 0 unspecified atom stereocenters. The van der Waals surface area contributed by atoms with E-state index in [1.165, 1.54) is 48.5 Å². The zero-order valence-corrected chi connectivity index (χ0v) is 24.0. The largest absolute Gasteiger partial charge is 0.428 e. The number of rotatable bonds is 5. The summed E-state index contributed by atoms with van der Waals surface area (Å²) < 4.78 is 145. The Balaban J connectivity index is 2.82. The van der Waals surface area contributed by atoms with Gasteiger partial charge in [0.05, 0.1) is 0 Å². The zero-order valence-electron chi connectivity index (χ0n) is 21.0. The smallest absolute Gasteiger partial charge is 0.194 e. The van der Waals surface area contributed by atoms with Gasteiger partial charge in [-0.3, -0.25) is 0 Å². The number of hydrogen-bond acceptors (Lipinski definition) is 3. The van der Waals surface area contributed by atoms with Gasteiger partial charge in [0.25, 0.3) is 0 Å². The molecule has 3 nitrogen and oxygen atoms in total. The van der Waals surface area contributed by atoms with Crippen LogP contribution >= 0.6 is 0 Å². The highest BCUT2D eigenvalue weighted by Gasteiger charge is 2.92. The molecule has 215 valence electrons. The van der Waals surface area contributed by atoms with Crippen LogP contribution < -0.4 is 20.2 Å². The molecule has 0 heterocycles. The Morgan fingerprint density at radius 1 is 0.553 bits per heavy atom. The normalized spacial score (nSPS) is 14.7. The topological polar surface area (TPSA) is 43.4 Å². The molecule has 38 heavy (non-hydrogen) atoms. The molecular weight excluding hydrogens is 666 g/mol. The average molecular weight is 692 g/mol. The highest BCUT2D eigenvalue weighted by molar-refractivity contribution is 7.88. The molecule has 14 heteroatoms. The second-order valence-corrected chi connectivity index (χ2v) is 17.1. The van der Waals surface area contributed by atoms with Gasteiger partial charge in [-0.05, 0) is 48.7 Å². The monoisotopic (exact) mass is 692 g/mol. The Labute approximate surface area is 222 Å². The Bertz CT molecular complexity index is 1120. The summed E-state index contributed by atoms with van der Waals surface area (Å²) in [6, 6.07) is 10.8. The van der Waals surface area contributed by atoms with Gasteiger partial charge in [0, 0.05) is 0 Å². The molecule has 0 aliphatic heterocycles. The molecule has 2 aromatic carbocycles. The lowest BCUT2D eigenvalue weighted by molar-refractivity contribution is -1.03. The summed E-state index contributed by atoms with van der Waals surface area (Å²) in [7, 11) is -7.44. The molecule has 0 amide bonds. The standard InChI is InChI=1S/C24H26F9IO3S/c1-19(2,3)15-7-11-17(12-8-15)34(18-13-9-16(10-14-18)20(4,5)6)37-38(35,36)21(22(25,26)27,23(28,29)30)24(31,32)33/h7-14H,1-6H3/q+1. The van der Waals surface area contributed by atoms with Crippen LogP contribution in [0, 0.1) is 7.14 Å². The third-order valence-electron chi connectivity index (χ3n) is 5.54. The number of benzene rings is 2. The predicted octanol–water partition coefficient (Wildman–Crippen LogP) is 4.63. The molecule has 0 aliphatic carbocycles. The van der Waals surface area contributed by atoms with Gasteiger partial charge in [0.1, 0.15) is 0 Å². The van der Waals surface area contributed by atoms with Crippen LogP contribution in [0.25, 0.3) is 0 Å². The molecule has 2 rings (SSSR count). The van der Waals surface area contributed by atoms with Gasteiger partial charge in [-0.15, -0.1) is 0 Å². The molecule has 0 bridgehead atoms. The highest BCUT2D eigenvalue weighted by Crippen LogP contribution is 2.57. The van der Waals surface area contributed by atoms with E-state index in [2.05, 4.69) is 2.51 Å². The van der Waals surface area contributed by atoms with Crippen molar-refractivity contribution < 1.29 is 70.7 Å². The lowest BCUT2D eigenvalue weighted by Crippen LogP contribution is -3.85. The summed E-state index contributed by atoms with van der Waals surface area (Å²) in [5.41, 5.74) is 0.491. The Hall–Kier alpha value is -1.55. The molecule has 0 atom stereocenters. The summed E-state index contributed by atoms with van der Waals surface area (Å²) >= 11 is -4.37. The van der Waals surface area contributed by atoms with E-state index >= 15 is 0 Å². The third-order valence-corrected chi connectivity index (χ3v) is 13.5. The van der Waals surface area contributed by atoms with Crippen LogP contribution in [0.4, 0.5) is 39.5 Å². The second-order valence-electron chi connectivity index (χ2n) is 10.5. The first kappa shape index (κ1) is 32.7. The lowest BCUT2D eigenvalue weighted by atomic mass is 9.87. The maximum absolute atomic E-state index is 13.6. The molecular formula is C24H26F9IO3S+. The summed E-state index contributed by atoms with van der Waals surface area (Å²) in [6.07, 6.45) is -22.0. The van der Waals surface area contributed by atoms with Crippen LogP contribution in [0.2, 0.25) is 0 Å². The second kappa shape index (κ2) is 10.1. The minimum Gasteiger partial charge on any atom is -0.194 e. The fraction of sp³-hybridized carbons (Fsp3) is 0.500. The minimum atomic E-state index is -7.44. The maximum atomic E-state index is 13.6. The SMILES string of the molecule is CC(C)(C)c1ccc([I+](OS(=O)(=O)C(C(F)(F)F)(C(F)(F)F)C(F)(F)F)c2ccc(C(C)(C)C)cc2)cc1. The molecule has 0 spiro atoms. The fourth-order valence-electron chi connectivity index (χ4n) is 3.36. The van der Waals surface area contributed by atoms with E-state index in [4.69, 9.17) is 0 Å². The van der Waals surface area contributed by atoms with Gasteiger partial charge in [-0.2, -0.15) is 47.9 Å². The molecule has 0 saturated carbocycles. The van der Waals surface area contributed by atoms with E-state index < -0.39 is 64.5 Å². The van der Waals surface area contributed by atoms with Crippen molar-refractivity contribution in [3.63, 3.8) is 0 Å². The molecule has 0 aliphatic rings. The van der Waals surface area contributed by atoms with E-state index in [0.29, 0.717) is 11.1 Å². The van der Waals surface area contributed by atoms with Crippen molar-refractivity contribution in [3.05, 3.63) is 66.8 Å². The highest BCUT2D eigenvalue weighted by atomic mass is 127. The van der Waals surface area contributed by atoms with Gasteiger partial charge >= 0.3 is 53.6 Å². The van der Waals surface area contributed by atoms with Crippen molar-refractivity contribution in [2.24, 2.45) is 0 Å². The van der Waals surface area contributed by atoms with Crippen LogP contribution in [0.1, 0.15) is 52.7 Å². The first-order chi connectivity index (χ1) is 16.8. The molecule has 0 aromatic heterocycles. The Kier molecular flexibility index (Phi) is 8.71. The summed E-state index contributed by atoms with van der Waals surface area (Å²) in [6.45, 7) is 10.9. The molecule has 0 fully saturated rings. The summed E-state index contributed by atoms with van der Waals surface area (Å²) in [5, 5.41) is 0. The van der Waals surface area contributed by atoms with Crippen molar-refractivity contribution in [3.8, 4) is 0 Å². The van der Waals surface area contributed by atoms with E-state index in [1.54, 1.807) is 0 Å². The molecule has 0 N–H and O–H groups in total. The molecule has 1 radical (unpaired) electrons. The van der Waals surface area contributed by atoms with Gasteiger partial charge in [-0.1, -0.05) is 65.8 Å². The van der Waals surface area contributed by atoms with E-state index in [9.17, 15) is 47.9 Å². The minimum absolute atomic E-state index is 0.116. The van der Waals surface area contributed by atoms with Crippen LogP contribution in [-0.4, -0.2) is 31.7 Å². The fourth-order valence-corrected chi connectivity index (χ4v) is 10.8. The van der Waals surface area contributed by atoms with Gasteiger partial charge in [-0.25, -0.2) is 0 Å². The quantitative estimate of drug-likeness (QED) is 0.340. The van der Waals surface area contributed by atoms with Crippen LogP contribution in [0.15, 0.2) is 48.5 Å². The summed E-state index contributed by atoms with van der Waals surface area (Å²) in [5.74, 6) is 0. The Morgan fingerprint density at radius 2 is 0.816 bits per heavy atom. The molecule has 0 saturated heterocycles. The summed E-state index contributed by atoms with van der Waals surface area (Å²) in [4.78, 5) is 0. The van der Waals surface area contributed by atoms with Gasteiger partial charge in [0.2, 0.25) is 0 Å². The zero-order chi connectivity index (χ0) is 29.8. The van der Waals surface area contributed by atoms with E-state index in [0.717, 1.165) is 0 Å². The first-order valence-electron chi connectivity index (χ1n) is 10.8. The van der Waals surface area contributed by atoms with Crippen molar-refractivity contribution in [1.82, 2.24) is 0 Å². The molecule has 2 aromatic rings. The van der Waals surface area contributed by atoms with Gasteiger partial charge in [0.15, 0.2) is 7.14 Å². The maximum Gasteiger partial charge on any atom is 0.428 e. The van der Waals surface area contributed by atoms with E-state index in [1.807, 2.05) is 41.5 Å². The Morgan fingerprint density at radius 3 is 1.03 bits per heavy atom. The van der Waals surface area contributed by atoms with Crippen molar-refractivity contribution >= 4 is 10.1 Å². The number of halogens is 10. The van der Waals surface area contributed by atoms with Crippen molar-refractivity contribution in [1.29, 1.82) is 0 Å². The van der Waals surface area contributed by atoms with Gasteiger partial charge < -0.3 is 0 Å². The number of hydrogen-bond donors (Lipinski definition) is 0. The average Bonchev–Trinajstić information content (AvgIpc) is 2.67. The van der Waals surface area contributed by atoms with E-state index in [-0.39, 0.29) is 7.14 Å². The van der Waals surface area contributed by atoms with Crippen LogP contribution in [0.5, 0.6) is 0 Å². The predicted molar refractivity (Wildman–Crippen MR) is 119 cm³/mol. The first-order valence-corrected chi connectivity index (χ1v) is 15.3. The lowest BCUT2D eigenvalue weighted by Gasteiger charge is -2.35. The van der Waals surface area contributed by atoms with Crippen LogP contribution in [0.3, 0.4) is 0 Å². The van der Waals surface area contributed by atoms with Crippen molar-refractivity contribution in [2.45, 2.75) is 75.6 Å². The van der Waals surface area contributed by atoms with Crippen LogP contribution in [-0.2, 0) is 23.5 Å².